The molecular weight excluding hydrogens is 224 g/mol. The summed E-state index contributed by atoms with van der Waals surface area (Å²) in [4.78, 5) is 0. The van der Waals surface area contributed by atoms with Crippen LogP contribution in [0, 0.1) is 10.8 Å². The molecule has 0 heterocycles. The summed E-state index contributed by atoms with van der Waals surface area (Å²) in [7, 11) is 0. The SMILES string of the molecule is CC1=CC=CC(C)(C2(C)C=CC=C(C)C2O)C1O. The summed E-state index contributed by atoms with van der Waals surface area (Å²) in [6.45, 7) is 7.88. The molecule has 0 bridgehead atoms. The van der Waals surface area contributed by atoms with Gasteiger partial charge in [-0.1, -0.05) is 50.3 Å². The minimum atomic E-state index is -0.572. The zero-order valence-electron chi connectivity index (χ0n) is 11.5. The summed E-state index contributed by atoms with van der Waals surface area (Å²) in [6, 6.07) is 0. The van der Waals surface area contributed by atoms with Crippen LogP contribution in [-0.4, -0.2) is 22.4 Å². The third-order valence-corrected chi connectivity index (χ3v) is 4.76. The average Bonchev–Trinajstić information content (AvgIpc) is 2.33. The first kappa shape index (κ1) is 13.3. The Morgan fingerprint density at radius 2 is 1.17 bits per heavy atom. The lowest BCUT2D eigenvalue weighted by atomic mass is 9.55. The Kier molecular flexibility index (Phi) is 3.12. The third kappa shape index (κ3) is 1.63. The fourth-order valence-electron chi connectivity index (χ4n) is 3.06. The molecule has 2 heteroatoms. The molecule has 0 radical (unpaired) electrons. The lowest BCUT2D eigenvalue weighted by molar-refractivity contribution is -0.0395. The summed E-state index contributed by atoms with van der Waals surface area (Å²) < 4.78 is 0. The number of hydrogen-bond donors (Lipinski definition) is 2. The van der Waals surface area contributed by atoms with E-state index in [9.17, 15) is 10.2 Å². The highest BCUT2D eigenvalue weighted by atomic mass is 16.3. The molecule has 0 spiro atoms. The summed E-state index contributed by atoms with van der Waals surface area (Å²) >= 11 is 0. The van der Waals surface area contributed by atoms with Gasteiger partial charge in [0.15, 0.2) is 0 Å². The van der Waals surface area contributed by atoms with Crippen molar-refractivity contribution in [3.63, 3.8) is 0 Å². The summed E-state index contributed by atoms with van der Waals surface area (Å²) in [5, 5.41) is 21.1. The van der Waals surface area contributed by atoms with Crippen LogP contribution in [0.25, 0.3) is 0 Å². The van der Waals surface area contributed by atoms with Crippen LogP contribution in [0.15, 0.2) is 47.6 Å². The van der Waals surface area contributed by atoms with Crippen molar-refractivity contribution < 1.29 is 10.2 Å². The number of allylic oxidation sites excluding steroid dienone is 4. The minimum Gasteiger partial charge on any atom is -0.388 e. The van der Waals surface area contributed by atoms with E-state index in [-0.39, 0.29) is 0 Å². The largest absolute Gasteiger partial charge is 0.388 e. The van der Waals surface area contributed by atoms with Gasteiger partial charge in [-0.3, -0.25) is 0 Å². The number of hydrogen-bond acceptors (Lipinski definition) is 2. The Balaban J connectivity index is 2.48. The number of aliphatic hydroxyl groups excluding tert-OH is 2. The van der Waals surface area contributed by atoms with Gasteiger partial charge >= 0.3 is 0 Å². The molecule has 0 amide bonds. The van der Waals surface area contributed by atoms with Crippen molar-refractivity contribution in [3.05, 3.63) is 47.6 Å². The molecule has 4 atom stereocenters. The monoisotopic (exact) mass is 246 g/mol. The fourth-order valence-corrected chi connectivity index (χ4v) is 3.06. The second-order valence-corrected chi connectivity index (χ2v) is 5.91. The Morgan fingerprint density at radius 3 is 1.50 bits per heavy atom. The number of rotatable bonds is 1. The van der Waals surface area contributed by atoms with Crippen LogP contribution in [0.3, 0.4) is 0 Å². The summed E-state index contributed by atoms with van der Waals surface area (Å²) in [5.41, 5.74) is 0.872. The van der Waals surface area contributed by atoms with Crippen molar-refractivity contribution in [1.29, 1.82) is 0 Å². The Labute approximate surface area is 109 Å². The first-order chi connectivity index (χ1) is 8.33. The maximum atomic E-state index is 10.5. The molecule has 18 heavy (non-hydrogen) atoms. The molecule has 0 aromatic carbocycles. The maximum Gasteiger partial charge on any atom is 0.0847 e. The standard InChI is InChI=1S/C16H22O2/c1-11-7-5-9-15(3,13(11)17)16(4)10-6-8-12(2)14(16)18/h5-10,13-14,17-18H,1-4H3. The molecule has 0 aromatic rings. The van der Waals surface area contributed by atoms with E-state index in [0.717, 1.165) is 11.1 Å². The van der Waals surface area contributed by atoms with Crippen LogP contribution < -0.4 is 0 Å². The zero-order chi connectivity index (χ0) is 13.6. The smallest absolute Gasteiger partial charge is 0.0847 e. The Bertz CT molecular complexity index is 425. The number of aliphatic hydroxyl groups is 2. The molecule has 2 aliphatic rings. The molecular formula is C16H22O2. The molecule has 2 nitrogen and oxygen atoms in total. The van der Waals surface area contributed by atoms with Gasteiger partial charge in [0.25, 0.3) is 0 Å². The van der Waals surface area contributed by atoms with Gasteiger partial charge in [-0.2, -0.15) is 0 Å². The van der Waals surface area contributed by atoms with Crippen LogP contribution >= 0.6 is 0 Å². The minimum absolute atomic E-state index is 0.503. The van der Waals surface area contributed by atoms with Gasteiger partial charge < -0.3 is 10.2 Å². The molecule has 0 aromatic heterocycles. The van der Waals surface area contributed by atoms with Crippen LogP contribution in [-0.2, 0) is 0 Å². The molecule has 0 aliphatic heterocycles. The van der Waals surface area contributed by atoms with E-state index in [4.69, 9.17) is 0 Å². The van der Waals surface area contributed by atoms with Crippen LogP contribution in [0.2, 0.25) is 0 Å². The predicted octanol–water partition coefficient (Wildman–Crippen LogP) is 2.75. The van der Waals surface area contributed by atoms with Gasteiger partial charge in [-0.05, 0) is 25.0 Å². The summed E-state index contributed by atoms with van der Waals surface area (Å²) in [6.07, 6.45) is 10.7. The van der Waals surface area contributed by atoms with Crippen molar-refractivity contribution in [1.82, 2.24) is 0 Å². The van der Waals surface area contributed by atoms with Gasteiger partial charge in [0.2, 0.25) is 0 Å². The molecule has 0 fully saturated rings. The first-order valence-corrected chi connectivity index (χ1v) is 6.41. The highest BCUT2D eigenvalue weighted by Gasteiger charge is 2.52. The van der Waals surface area contributed by atoms with Gasteiger partial charge in [0, 0.05) is 10.8 Å². The van der Waals surface area contributed by atoms with Crippen molar-refractivity contribution in [2.75, 3.05) is 0 Å². The molecule has 4 unspecified atom stereocenters. The topological polar surface area (TPSA) is 40.5 Å². The zero-order valence-corrected chi connectivity index (χ0v) is 11.5. The third-order valence-electron chi connectivity index (χ3n) is 4.76. The predicted molar refractivity (Wildman–Crippen MR) is 74.0 cm³/mol. The molecule has 98 valence electrons. The van der Waals surface area contributed by atoms with E-state index in [1.54, 1.807) is 0 Å². The summed E-state index contributed by atoms with van der Waals surface area (Å²) in [5.74, 6) is 0. The van der Waals surface area contributed by atoms with Crippen molar-refractivity contribution in [2.45, 2.75) is 39.9 Å². The van der Waals surface area contributed by atoms with Crippen LogP contribution in [0.1, 0.15) is 27.7 Å². The molecule has 0 saturated carbocycles. The maximum absolute atomic E-state index is 10.5. The lowest BCUT2D eigenvalue weighted by Gasteiger charge is -2.51. The van der Waals surface area contributed by atoms with E-state index in [0.29, 0.717) is 0 Å². The Hall–Kier alpha value is -1.12. The van der Waals surface area contributed by atoms with E-state index >= 15 is 0 Å². The second-order valence-electron chi connectivity index (χ2n) is 5.91. The highest BCUT2D eigenvalue weighted by molar-refractivity contribution is 5.37. The lowest BCUT2D eigenvalue weighted by Crippen LogP contribution is -2.52. The van der Waals surface area contributed by atoms with Gasteiger partial charge in [0.05, 0.1) is 12.2 Å². The van der Waals surface area contributed by atoms with Crippen LogP contribution in [0.5, 0.6) is 0 Å². The van der Waals surface area contributed by atoms with Crippen molar-refractivity contribution in [3.8, 4) is 0 Å². The highest BCUT2D eigenvalue weighted by Crippen LogP contribution is 2.52. The van der Waals surface area contributed by atoms with Gasteiger partial charge in [0.1, 0.15) is 0 Å². The van der Waals surface area contributed by atoms with Crippen molar-refractivity contribution in [2.24, 2.45) is 10.8 Å². The first-order valence-electron chi connectivity index (χ1n) is 6.41. The normalized spacial score (nSPS) is 43.7. The molecule has 0 saturated heterocycles. The van der Waals surface area contributed by atoms with E-state index in [2.05, 4.69) is 0 Å². The molecule has 2 rings (SSSR count). The average molecular weight is 246 g/mol. The van der Waals surface area contributed by atoms with Crippen LogP contribution in [0.4, 0.5) is 0 Å². The molecule has 2 aliphatic carbocycles. The van der Waals surface area contributed by atoms with Crippen molar-refractivity contribution >= 4 is 0 Å². The van der Waals surface area contributed by atoms with E-state index < -0.39 is 23.0 Å². The van der Waals surface area contributed by atoms with Gasteiger partial charge in [-0.25, -0.2) is 0 Å². The molecule has 2 N–H and O–H groups in total. The van der Waals surface area contributed by atoms with Gasteiger partial charge in [-0.15, -0.1) is 0 Å². The van der Waals surface area contributed by atoms with E-state index in [1.165, 1.54) is 0 Å². The van der Waals surface area contributed by atoms with E-state index in [1.807, 2.05) is 64.2 Å². The Morgan fingerprint density at radius 1 is 0.833 bits per heavy atom. The fraction of sp³-hybridized carbons (Fsp3) is 0.500. The quantitative estimate of drug-likeness (QED) is 0.747. The second kappa shape index (κ2) is 4.22.